The first-order valence-electron chi connectivity index (χ1n) is 6.72. The molecule has 2 amide bonds. The van der Waals surface area contributed by atoms with Crippen LogP contribution in [0.2, 0.25) is 0 Å². The van der Waals surface area contributed by atoms with Gasteiger partial charge in [0.25, 0.3) is 0 Å². The van der Waals surface area contributed by atoms with Gasteiger partial charge in [-0.15, -0.1) is 0 Å². The Balaban J connectivity index is 1.65. The highest BCUT2D eigenvalue weighted by Gasteiger charge is 2.10. The molecule has 2 heterocycles. The second-order valence-corrected chi connectivity index (χ2v) is 5.20. The van der Waals surface area contributed by atoms with E-state index in [1.807, 2.05) is 18.2 Å². The summed E-state index contributed by atoms with van der Waals surface area (Å²) in [4.78, 5) is 20.4. The Bertz CT molecular complexity index is 806. The van der Waals surface area contributed by atoms with Crippen molar-refractivity contribution in [1.29, 1.82) is 0 Å². The van der Waals surface area contributed by atoms with Gasteiger partial charge in [0.15, 0.2) is 5.82 Å². The lowest BCUT2D eigenvalue weighted by atomic mass is 10.3. The number of pyridine rings is 1. The molecule has 0 saturated heterocycles. The van der Waals surface area contributed by atoms with E-state index in [1.54, 1.807) is 37.6 Å². The summed E-state index contributed by atoms with van der Waals surface area (Å²) in [6.45, 7) is 0. The molecular weight excluding hydrogens is 314 g/mol. The summed E-state index contributed by atoms with van der Waals surface area (Å²) < 4.78 is 9.29. The van der Waals surface area contributed by atoms with Gasteiger partial charge >= 0.3 is 6.03 Å². The fraction of sp³-hybridized carbons (Fsp3) is 0.0667. The van der Waals surface area contributed by atoms with E-state index >= 15 is 0 Å². The van der Waals surface area contributed by atoms with Crippen LogP contribution in [0.1, 0.15) is 0 Å². The van der Waals surface area contributed by atoms with Crippen molar-refractivity contribution in [2.45, 2.75) is 0 Å². The monoisotopic (exact) mass is 327 g/mol. The van der Waals surface area contributed by atoms with Crippen molar-refractivity contribution < 1.29 is 9.53 Å². The number of urea groups is 1. The smallest absolute Gasteiger partial charge is 0.325 e. The first kappa shape index (κ1) is 14.9. The van der Waals surface area contributed by atoms with Crippen molar-refractivity contribution in [3.63, 3.8) is 0 Å². The van der Waals surface area contributed by atoms with E-state index in [4.69, 9.17) is 4.74 Å². The molecule has 0 atom stereocenters. The van der Waals surface area contributed by atoms with Gasteiger partial charge in [-0.05, 0) is 24.3 Å². The number of rotatable bonds is 4. The summed E-state index contributed by atoms with van der Waals surface area (Å²) in [5, 5.41) is 5.75. The number of aromatic nitrogens is 3. The zero-order chi connectivity index (χ0) is 16.1. The maximum Gasteiger partial charge on any atom is 0.325 e. The number of hydrogen-bond acceptors (Lipinski definition) is 6. The molecule has 7 nitrogen and oxygen atoms in total. The first-order valence-corrected chi connectivity index (χ1v) is 7.49. The zero-order valence-corrected chi connectivity index (χ0v) is 13.0. The highest BCUT2D eigenvalue weighted by Crippen LogP contribution is 2.20. The minimum atomic E-state index is -0.401. The van der Waals surface area contributed by atoms with Crippen LogP contribution >= 0.6 is 11.5 Å². The predicted molar refractivity (Wildman–Crippen MR) is 88.8 cm³/mol. The van der Waals surface area contributed by atoms with E-state index < -0.39 is 6.03 Å². The second-order valence-electron chi connectivity index (χ2n) is 4.45. The number of anilines is 2. The van der Waals surface area contributed by atoms with Gasteiger partial charge in [0.05, 0.1) is 7.11 Å². The number of ether oxygens (including phenoxy) is 1. The Morgan fingerprint density at radius 2 is 2.09 bits per heavy atom. The Morgan fingerprint density at radius 1 is 1.17 bits per heavy atom. The Labute approximate surface area is 136 Å². The number of hydrogen-bond donors (Lipinski definition) is 2. The van der Waals surface area contributed by atoms with Gasteiger partial charge in [0.1, 0.15) is 11.4 Å². The molecule has 0 unspecified atom stereocenters. The number of amides is 2. The topological polar surface area (TPSA) is 89.0 Å². The standard InChI is InChI=1S/C15H13N5O2S/c1-22-11-6-4-5-10(9-11)17-14(21)19-15-18-13(20-23-15)12-7-2-3-8-16-12/h2-9H,1H3,(H2,17,18,19,20,21). The maximum atomic E-state index is 12.0. The van der Waals surface area contributed by atoms with Crippen LogP contribution in [0.5, 0.6) is 5.75 Å². The van der Waals surface area contributed by atoms with Gasteiger partial charge in [0.2, 0.25) is 5.13 Å². The molecule has 0 fully saturated rings. The Hall–Kier alpha value is -3.00. The molecule has 23 heavy (non-hydrogen) atoms. The quantitative estimate of drug-likeness (QED) is 0.768. The van der Waals surface area contributed by atoms with Gasteiger partial charge in [-0.1, -0.05) is 12.1 Å². The van der Waals surface area contributed by atoms with Crippen LogP contribution in [-0.4, -0.2) is 27.5 Å². The summed E-state index contributed by atoms with van der Waals surface area (Å²) in [5.41, 5.74) is 1.28. The largest absolute Gasteiger partial charge is 0.497 e. The fourth-order valence-corrected chi connectivity index (χ4v) is 2.41. The molecule has 0 bridgehead atoms. The lowest BCUT2D eigenvalue weighted by Crippen LogP contribution is -2.19. The number of carbonyl (C=O) groups excluding carboxylic acids is 1. The van der Waals surface area contributed by atoms with Crippen LogP contribution in [0.15, 0.2) is 48.7 Å². The molecule has 0 saturated carbocycles. The number of carbonyl (C=O) groups is 1. The van der Waals surface area contributed by atoms with E-state index in [0.29, 0.717) is 28.1 Å². The van der Waals surface area contributed by atoms with Gasteiger partial charge < -0.3 is 10.1 Å². The molecule has 1 aromatic carbocycles. The van der Waals surface area contributed by atoms with Gasteiger partial charge in [0, 0.05) is 29.5 Å². The summed E-state index contributed by atoms with van der Waals surface area (Å²) in [6.07, 6.45) is 1.67. The molecule has 2 aromatic heterocycles. The van der Waals surface area contributed by atoms with Gasteiger partial charge in [-0.2, -0.15) is 9.36 Å². The lowest BCUT2D eigenvalue weighted by molar-refractivity contribution is 0.262. The third kappa shape index (κ3) is 3.80. The van der Waals surface area contributed by atoms with Crippen molar-refractivity contribution in [3.05, 3.63) is 48.7 Å². The van der Waals surface area contributed by atoms with Crippen LogP contribution in [0.4, 0.5) is 15.6 Å². The molecule has 0 aliphatic heterocycles. The Morgan fingerprint density at radius 3 is 2.87 bits per heavy atom. The number of methoxy groups -OCH3 is 1. The van der Waals surface area contributed by atoms with E-state index in [1.165, 1.54) is 0 Å². The van der Waals surface area contributed by atoms with Crippen LogP contribution in [-0.2, 0) is 0 Å². The fourth-order valence-electron chi connectivity index (χ4n) is 1.83. The summed E-state index contributed by atoms with van der Waals surface area (Å²) in [7, 11) is 1.57. The van der Waals surface area contributed by atoms with Crippen molar-refractivity contribution in [1.82, 2.24) is 14.3 Å². The number of nitrogens with one attached hydrogen (secondary N) is 2. The SMILES string of the molecule is COc1cccc(NC(=O)Nc2nc(-c3ccccn3)ns2)c1. The molecule has 2 N–H and O–H groups in total. The van der Waals surface area contributed by atoms with Crippen molar-refractivity contribution in [2.24, 2.45) is 0 Å². The normalized spacial score (nSPS) is 10.1. The van der Waals surface area contributed by atoms with E-state index in [0.717, 1.165) is 11.5 Å². The average Bonchev–Trinajstić information content (AvgIpc) is 3.04. The van der Waals surface area contributed by atoms with Crippen LogP contribution in [0.3, 0.4) is 0 Å². The molecule has 0 radical (unpaired) electrons. The minimum Gasteiger partial charge on any atom is -0.497 e. The van der Waals surface area contributed by atoms with Gasteiger partial charge in [-0.25, -0.2) is 4.79 Å². The molecule has 3 aromatic rings. The van der Waals surface area contributed by atoms with Gasteiger partial charge in [-0.3, -0.25) is 10.3 Å². The number of nitrogens with zero attached hydrogens (tertiary/aromatic N) is 3. The lowest BCUT2D eigenvalue weighted by Gasteiger charge is -2.06. The molecule has 0 spiro atoms. The minimum absolute atomic E-state index is 0.394. The average molecular weight is 327 g/mol. The van der Waals surface area contributed by atoms with Crippen molar-refractivity contribution in [2.75, 3.05) is 17.7 Å². The van der Waals surface area contributed by atoms with Crippen molar-refractivity contribution >= 4 is 28.4 Å². The van der Waals surface area contributed by atoms with E-state index in [-0.39, 0.29) is 0 Å². The zero-order valence-electron chi connectivity index (χ0n) is 12.2. The molecule has 0 aliphatic rings. The maximum absolute atomic E-state index is 12.0. The van der Waals surface area contributed by atoms with Crippen LogP contribution in [0.25, 0.3) is 11.5 Å². The highest BCUT2D eigenvalue weighted by atomic mass is 32.1. The van der Waals surface area contributed by atoms with Crippen LogP contribution in [0, 0.1) is 0 Å². The second kappa shape index (κ2) is 6.84. The third-order valence-electron chi connectivity index (χ3n) is 2.87. The first-order chi connectivity index (χ1) is 11.2. The summed E-state index contributed by atoms with van der Waals surface area (Å²) in [5.74, 6) is 1.14. The van der Waals surface area contributed by atoms with E-state index in [9.17, 15) is 4.79 Å². The van der Waals surface area contributed by atoms with Crippen molar-refractivity contribution in [3.8, 4) is 17.3 Å². The summed E-state index contributed by atoms with van der Waals surface area (Å²) in [6, 6.07) is 12.2. The predicted octanol–water partition coefficient (Wildman–Crippen LogP) is 3.25. The molecule has 8 heteroatoms. The number of benzene rings is 1. The van der Waals surface area contributed by atoms with E-state index in [2.05, 4.69) is 25.0 Å². The molecule has 116 valence electrons. The molecule has 3 rings (SSSR count). The Kier molecular flexibility index (Phi) is 4.44. The molecule has 0 aliphatic carbocycles. The van der Waals surface area contributed by atoms with Crippen LogP contribution < -0.4 is 15.4 Å². The summed E-state index contributed by atoms with van der Waals surface area (Å²) >= 11 is 1.09. The molecular formula is C15H13N5O2S. The highest BCUT2D eigenvalue weighted by molar-refractivity contribution is 7.10. The third-order valence-corrected chi connectivity index (χ3v) is 3.50.